The van der Waals surface area contributed by atoms with Crippen LogP contribution in [0.2, 0.25) is 0 Å². The fraction of sp³-hybridized carbons (Fsp3) is 0. The molecule has 3 nitrogen and oxygen atoms in total. The Kier molecular flexibility index (Phi) is 4.00. The molecule has 0 saturated heterocycles. The molecule has 0 atom stereocenters. The number of aromatic nitrogens is 2. The smallest absolute Gasteiger partial charge is 0.150 e. The van der Waals surface area contributed by atoms with Crippen LogP contribution in [0, 0.1) is 0 Å². The highest BCUT2D eigenvalue weighted by Crippen LogP contribution is 2.41. The lowest BCUT2D eigenvalue weighted by Gasteiger charge is -2.10. The van der Waals surface area contributed by atoms with Crippen LogP contribution in [-0.2, 0) is 0 Å². The Morgan fingerprint density at radius 3 is 1.82 bits per heavy atom. The summed E-state index contributed by atoms with van der Waals surface area (Å²) in [4.78, 5) is 11.3. The fourth-order valence-electron chi connectivity index (χ4n) is 5.33. The number of carbonyl (C=O) groups is 1. The van der Waals surface area contributed by atoms with E-state index in [0.29, 0.717) is 5.56 Å². The molecule has 5 aromatic carbocycles. The van der Waals surface area contributed by atoms with Crippen molar-refractivity contribution in [2.24, 2.45) is 0 Å². The van der Waals surface area contributed by atoms with Gasteiger partial charge in [0.1, 0.15) is 6.29 Å². The average Bonchev–Trinajstić information content (AvgIpc) is 3.42. The van der Waals surface area contributed by atoms with Gasteiger partial charge < -0.3 is 9.13 Å². The van der Waals surface area contributed by atoms with Crippen LogP contribution < -0.4 is 0 Å². The van der Waals surface area contributed by atoms with Gasteiger partial charge in [-0.25, -0.2) is 0 Å². The van der Waals surface area contributed by atoms with Crippen molar-refractivity contribution in [3.8, 4) is 11.4 Å². The molecule has 0 bridgehead atoms. The highest BCUT2D eigenvalue weighted by atomic mass is 16.1. The number of benzene rings is 5. The molecule has 3 heteroatoms. The molecule has 34 heavy (non-hydrogen) atoms. The number of hydrogen-bond acceptors (Lipinski definition) is 1. The first-order valence-corrected chi connectivity index (χ1v) is 11.4. The van der Waals surface area contributed by atoms with Crippen LogP contribution in [0.4, 0.5) is 0 Å². The van der Waals surface area contributed by atoms with E-state index in [1.54, 1.807) is 0 Å². The number of aldehydes is 1. The van der Waals surface area contributed by atoms with Gasteiger partial charge in [-0.05, 0) is 54.6 Å². The summed E-state index contributed by atoms with van der Waals surface area (Å²) in [5, 5.41) is 4.89. The van der Waals surface area contributed by atoms with E-state index in [9.17, 15) is 4.79 Å². The molecule has 0 fully saturated rings. The summed E-state index contributed by atoms with van der Waals surface area (Å²) in [6.45, 7) is 0. The van der Waals surface area contributed by atoms with Crippen molar-refractivity contribution < 1.29 is 4.79 Å². The average molecular weight is 437 g/mol. The summed E-state index contributed by atoms with van der Waals surface area (Å²) in [5.41, 5.74) is 7.56. The van der Waals surface area contributed by atoms with Crippen LogP contribution in [0.15, 0.2) is 115 Å². The van der Waals surface area contributed by atoms with Crippen molar-refractivity contribution in [2.75, 3.05) is 0 Å². The maximum atomic E-state index is 11.3. The first kappa shape index (κ1) is 18.9. The first-order valence-electron chi connectivity index (χ1n) is 11.4. The van der Waals surface area contributed by atoms with Crippen molar-refractivity contribution in [2.45, 2.75) is 0 Å². The first-order chi connectivity index (χ1) is 16.8. The Hall–Kier alpha value is -4.63. The summed E-state index contributed by atoms with van der Waals surface area (Å²) in [6, 6.07) is 40.0. The monoisotopic (exact) mass is 436 g/mol. The van der Waals surface area contributed by atoms with Crippen molar-refractivity contribution >= 4 is 49.9 Å². The van der Waals surface area contributed by atoms with Gasteiger partial charge in [0.2, 0.25) is 0 Å². The third kappa shape index (κ3) is 2.55. The quantitative estimate of drug-likeness (QED) is 0.261. The molecule has 160 valence electrons. The van der Waals surface area contributed by atoms with Gasteiger partial charge in [-0.3, -0.25) is 4.79 Å². The second-order valence-electron chi connectivity index (χ2n) is 8.61. The van der Waals surface area contributed by atoms with Gasteiger partial charge in [-0.15, -0.1) is 0 Å². The molecule has 0 radical (unpaired) electrons. The third-order valence-electron chi connectivity index (χ3n) is 6.77. The standard InChI is InChI=1S/C31H20N2O/c34-20-21-14-16-23(17-15-21)33-27-12-6-4-10-24(27)25-18-19-29-30(31(25)33)26-11-5-7-13-28(26)32(29)22-8-2-1-3-9-22/h1-20H. The zero-order valence-corrected chi connectivity index (χ0v) is 18.3. The Labute approximate surface area is 196 Å². The number of nitrogens with zero attached hydrogens (tertiary/aromatic N) is 2. The summed E-state index contributed by atoms with van der Waals surface area (Å²) in [7, 11) is 0. The van der Waals surface area contributed by atoms with Crippen LogP contribution in [0.5, 0.6) is 0 Å². The molecular weight excluding hydrogens is 416 g/mol. The van der Waals surface area contributed by atoms with E-state index < -0.39 is 0 Å². The normalized spacial score (nSPS) is 11.6. The lowest BCUT2D eigenvalue weighted by atomic mass is 10.1. The fourth-order valence-corrected chi connectivity index (χ4v) is 5.33. The van der Waals surface area contributed by atoms with E-state index in [2.05, 4.69) is 100 Å². The molecule has 2 heterocycles. The number of carbonyl (C=O) groups excluding carboxylic acids is 1. The minimum absolute atomic E-state index is 0.676. The summed E-state index contributed by atoms with van der Waals surface area (Å²) in [5.74, 6) is 0. The maximum Gasteiger partial charge on any atom is 0.150 e. The number of para-hydroxylation sites is 3. The van der Waals surface area contributed by atoms with Crippen molar-refractivity contribution in [3.05, 3.63) is 121 Å². The van der Waals surface area contributed by atoms with Crippen molar-refractivity contribution in [1.29, 1.82) is 0 Å². The van der Waals surface area contributed by atoms with Gasteiger partial charge in [-0.2, -0.15) is 0 Å². The summed E-state index contributed by atoms with van der Waals surface area (Å²) >= 11 is 0. The van der Waals surface area contributed by atoms with Gasteiger partial charge in [0.05, 0.1) is 22.1 Å². The minimum atomic E-state index is 0.676. The Bertz CT molecular complexity index is 1860. The molecule has 0 aliphatic carbocycles. The van der Waals surface area contributed by atoms with Crippen molar-refractivity contribution in [1.82, 2.24) is 9.13 Å². The molecule has 0 aliphatic heterocycles. The summed E-state index contributed by atoms with van der Waals surface area (Å²) < 4.78 is 4.69. The SMILES string of the molecule is O=Cc1ccc(-n2c3ccccc3c3ccc4c(c5ccccc5n4-c4ccccc4)c32)cc1. The van der Waals surface area contributed by atoms with E-state index in [4.69, 9.17) is 0 Å². The largest absolute Gasteiger partial charge is 0.309 e. The van der Waals surface area contributed by atoms with Gasteiger partial charge in [0.25, 0.3) is 0 Å². The number of fused-ring (bicyclic) bond motifs is 7. The van der Waals surface area contributed by atoms with Gasteiger partial charge >= 0.3 is 0 Å². The molecular formula is C31H20N2O. The molecule has 0 saturated carbocycles. The van der Waals surface area contributed by atoms with Gasteiger partial charge in [0.15, 0.2) is 0 Å². The predicted molar refractivity (Wildman–Crippen MR) is 141 cm³/mol. The molecule has 2 aromatic heterocycles. The van der Waals surface area contributed by atoms with E-state index >= 15 is 0 Å². The third-order valence-corrected chi connectivity index (χ3v) is 6.77. The second kappa shape index (κ2) is 7.19. The topological polar surface area (TPSA) is 26.9 Å². The lowest BCUT2D eigenvalue weighted by Crippen LogP contribution is -1.95. The minimum Gasteiger partial charge on any atom is -0.309 e. The molecule has 0 spiro atoms. The molecule has 0 amide bonds. The Morgan fingerprint density at radius 2 is 1.09 bits per heavy atom. The van der Waals surface area contributed by atoms with Crippen LogP contribution >= 0.6 is 0 Å². The number of rotatable bonds is 3. The van der Waals surface area contributed by atoms with Crippen LogP contribution in [0.25, 0.3) is 55.0 Å². The zero-order chi connectivity index (χ0) is 22.6. The van der Waals surface area contributed by atoms with E-state index in [0.717, 1.165) is 23.2 Å². The zero-order valence-electron chi connectivity index (χ0n) is 18.3. The number of hydrogen-bond donors (Lipinski definition) is 0. The van der Waals surface area contributed by atoms with Crippen LogP contribution in [-0.4, -0.2) is 15.4 Å². The van der Waals surface area contributed by atoms with Crippen molar-refractivity contribution in [3.63, 3.8) is 0 Å². The molecule has 7 rings (SSSR count). The van der Waals surface area contributed by atoms with E-state index in [-0.39, 0.29) is 0 Å². The highest BCUT2D eigenvalue weighted by Gasteiger charge is 2.20. The lowest BCUT2D eigenvalue weighted by molar-refractivity contribution is 0.112. The van der Waals surface area contributed by atoms with Gasteiger partial charge in [-0.1, -0.05) is 60.7 Å². The molecule has 0 N–H and O–H groups in total. The van der Waals surface area contributed by atoms with Crippen LogP contribution in [0.1, 0.15) is 10.4 Å². The Balaban J connectivity index is 1.72. The Morgan fingerprint density at radius 1 is 0.471 bits per heavy atom. The van der Waals surface area contributed by atoms with E-state index in [1.165, 1.54) is 38.1 Å². The highest BCUT2D eigenvalue weighted by molar-refractivity contribution is 6.26. The predicted octanol–water partition coefficient (Wildman–Crippen LogP) is 7.69. The molecule has 0 aliphatic rings. The maximum absolute atomic E-state index is 11.3. The second-order valence-corrected chi connectivity index (χ2v) is 8.61. The molecule has 7 aromatic rings. The van der Waals surface area contributed by atoms with E-state index in [1.807, 2.05) is 24.3 Å². The summed E-state index contributed by atoms with van der Waals surface area (Å²) in [6.07, 6.45) is 0.890. The molecule has 0 unspecified atom stereocenters. The van der Waals surface area contributed by atoms with Gasteiger partial charge in [0, 0.05) is 38.5 Å². The van der Waals surface area contributed by atoms with Crippen LogP contribution in [0.3, 0.4) is 0 Å².